The highest BCUT2D eigenvalue weighted by Gasteiger charge is 2.23. The number of para-hydroxylation sites is 1. The molecule has 0 saturated carbocycles. The Morgan fingerprint density at radius 3 is 2.24 bits per heavy atom. The number of benzene rings is 3. The van der Waals surface area contributed by atoms with Gasteiger partial charge in [0.2, 0.25) is 15.9 Å². The van der Waals surface area contributed by atoms with Crippen LogP contribution in [0.3, 0.4) is 0 Å². The van der Waals surface area contributed by atoms with E-state index < -0.39 is 40.0 Å². The molecule has 3 rings (SSSR count). The Hall–Kier alpha value is -3.79. The predicted molar refractivity (Wildman–Crippen MR) is 126 cm³/mol. The Morgan fingerprint density at radius 1 is 0.941 bits per heavy atom. The van der Waals surface area contributed by atoms with Gasteiger partial charge in [-0.3, -0.25) is 13.9 Å². The number of carbonyl (C=O) groups excluding carboxylic acids is 2. The molecule has 10 heteroatoms. The minimum Gasteiger partial charge on any atom is -0.345 e. The van der Waals surface area contributed by atoms with E-state index in [1.807, 2.05) is 37.3 Å². The molecule has 0 aromatic heterocycles. The Balaban J connectivity index is 1.78. The number of nitrogens with one attached hydrogen (secondary N) is 2. The maximum Gasteiger partial charge on any atom is 0.253 e. The topological polar surface area (TPSA) is 95.6 Å². The van der Waals surface area contributed by atoms with Crippen molar-refractivity contribution < 1.29 is 26.8 Å². The van der Waals surface area contributed by atoms with Crippen molar-refractivity contribution in [1.82, 2.24) is 5.32 Å². The molecule has 34 heavy (non-hydrogen) atoms. The number of halogens is 2. The molecule has 0 bridgehead atoms. The van der Waals surface area contributed by atoms with E-state index in [9.17, 15) is 26.8 Å². The van der Waals surface area contributed by atoms with E-state index in [4.69, 9.17) is 0 Å². The zero-order valence-corrected chi connectivity index (χ0v) is 19.3. The number of nitrogens with zero attached hydrogens (tertiary/aromatic N) is 1. The second-order valence-electron chi connectivity index (χ2n) is 7.57. The Labute approximate surface area is 196 Å². The zero-order chi connectivity index (χ0) is 24.9. The van der Waals surface area contributed by atoms with Gasteiger partial charge in [-0.2, -0.15) is 0 Å². The van der Waals surface area contributed by atoms with Crippen molar-refractivity contribution >= 4 is 33.2 Å². The molecule has 0 radical (unpaired) electrons. The van der Waals surface area contributed by atoms with Crippen LogP contribution in [0.15, 0.2) is 72.8 Å². The molecule has 1 unspecified atom stereocenters. The maximum atomic E-state index is 13.6. The molecular weight excluding hydrogens is 464 g/mol. The van der Waals surface area contributed by atoms with E-state index in [2.05, 4.69) is 10.6 Å². The van der Waals surface area contributed by atoms with Crippen LogP contribution in [0, 0.1) is 11.6 Å². The van der Waals surface area contributed by atoms with Crippen molar-refractivity contribution in [2.45, 2.75) is 13.0 Å². The molecule has 7 nitrogen and oxygen atoms in total. The van der Waals surface area contributed by atoms with Gasteiger partial charge in [0.25, 0.3) is 5.91 Å². The summed E-state index contributed by atoms with van der Waals surface area (Å²) in [5, 5.41) is 5.38. The Morgan fingerprint density at radius 2 is 1.59 bits per heavy atom. The lowest BCUT2D eigenvalue weighted by atomic mass is 10.1. The van der Waals surface area contributed by atoms with Gasteiger partial charge in [0, 0.05) is 6.07 Å². The summed E-state index contributed by atoms with van der Waals surface area (Å²) in [5.74, 6) is -3.60. The van der Waals surface area contributed by atoms with Crippen LogP contribution < -0.4 is 14.9 Å². The van der Waals surface area contributed by atoms with E-state index in [1.54, 1.807) is 12.1 Å². The lowest BCUT2D eigenvalue weighted by molar-refractivity contribution is -0.114. The second-order valence-corrected chi connectivity index (χ2v) is 9.47. The van der Waals surface area contributed by atoms with E-state index in [1.165, 1.54) is 12.1 Å². The van der Waals surface area contributed by atoms with Crippen molar-refractivity contribution in [2.24, 2.45) is 0 Å². The fourth-order valence-electron chi connectivity index (χ4n) is 3.25. The second kappa shape index (κ2) is 10.4. The predicted octanol–water partition coefficient (Wildman–Crippen LogP) is 3.86. The van der Waals surface area contributed by atoms with Crippen molar-refractivity contribution in [3.8, 4) is 0 Å². The van der Waals surface area contributed by atoms with Crippen molar-refractivity contribution in [2.75, 3.05) is 22.4 Å². The van der Waals surface area contributed by atoms with Crippen LogP contribution in [0.2, 0.25) is 0 Å². The fourth-order valence-corrected chi connectivity index (χ4v) is 4.10. The van der Waals surface area contributed by atoms with Gasteiger partial charge in [0.15, 0.2) is 11.6 Å². The van der Waals surface area contributed by atoms with E-state index >= 15 is 0 Å². The van der Waals surface area contributed by atoms with Crippen LogP contribution >= 0.6 is 0 Å². The van der Waals surface area contributed by atoms with Crippen LogP contribution in [0.1, 0.15) is 28.9 Å². The quantitative estimate of drug-likeness (QED) is 0.504. The first-order valence-electron chi connectivity index (χ1n) is 10.2. The summed E-state index contributed by atoms with van der Waals surface area (Å²) >= 11 is 0. The van der Waals surface area contributed by atoms with Crippen molar-refractivity contribution in [1.29, 1.82) is 0 Å². The van der Waals surface area contributed by atoms with Gasteiger partial charge in [-0.05, 0) is 36.8 Å². The SMILES string of the molecule is CC(NC(=O)c1ccccc1NC(=O)CN(c1ccc(F)c(F)c1)S(C)(=O)=O)c1ccccc1. The van der Waals surface area contributed by atoms with Gasteiger partial charge in [-0.15, -0.1) is 0 Å². The van der Waals surface area contributed by atoms with Gasteiger partial charge < -0.3 is 10.6 Å². The summed E-state index contributed by atoms with van der Waals surface area (Å²) in [6, 6.07) is 17.8. The summed E-state index contributed by atoms with van der Waals surface area (Å²) < 4.78 is 52.0. The van der Waals surface area contributed by atoms with Crippen LogP contribution in [-0.2, 0) is 14.8 Å². The largest absolute Gasteiger partial charge is 0.345 e. The number of sulfonamides is 1. The fraction of sp³-hybridized carbons (Fsp3) is 0.167. The zero-order valence-electron chi connectivity index (χ0n) is 18.5. The maximum absolute atomic E-state index is 13.6. The molecule has 2 N–H and O–H groups in total. The highest BCUT2D eigenvalue weighted by Crippen LogP contribution is 2.22. The van der Waals surface area contributed by atoms with Gasteiger partial charge >= 0.3 is 0 Å². The van der Waals surface area contributed by atoms with Crippen molar-refractivity contribution in [3.05, 3.63) is 95.6 Å². The molecular formula is C24H23F2N3O4S. The minimum absolute atomic E-state index is 0.170. The average Bonchev–Trinajstić information content (AvgIpc) is 2.79. The smallest absolute Gasteiger partial charge is 0.253 e. The number of rotatable bonds is 8. The first kappa shape index (κ1) is 24.8. The third-order valence-corrected chi connectivity index (χ3v) is 6.11. The summed E-state index contributed by atoms with van der Waals surface area (Å²) in [4.78, 5) is 25.6. The molecule has 0 heterocycles. The molecule has 2 amide bonds. The van der Waals surface area contributed by atoms with Crippen LogP contribution in [-0.4, -0.2) is 33.0 Å². The van der Waals surface area contributed by atoms with E-state index in [0.29, 0.717) is 10.4 Å². The average molecular weight is 488 g/mol. The molecule has 3 aromatic carbocycles. The number of amides is 2. The number of carbonyl (C=O) groups is 2. The molecule has 178 valence electrons. The molecule has 0 aliphatic carbocycles. The van der Waals surface area contributed by atoms with Gasteiger partial charge in [-0.25, -0.2) is 17.2 Å². The standard InChI is InChI=1S/C24H23F2N3O4S/c1-16(17-8-4-3-5-9-17)27-24(31)19-10-6-7-11-22(19)28-23(30)15-29(34(2,32)33)18-12-13-20(25)21(26)14-18/h3-14,16H,15H2,1-2H3,(H,27,31)(H,28,30). The third kappa shape index (κ3) is 6.16. The molecule has 0 spiro atoms. The Bertz CT molecular complexity index is 1300. The summed E-state index contributed by atoms with van der Waals surface area (Å²) in [6.45, 7) is 1.11. The van der Waals surface area contributed by atoms with Crippen LogP contribution in [0.5, 0.6) is 0 Å². The lowest BCUT2D eigenvalue weighted by Gasteiger charge is -2.22. The molecule has 0 aliphatic heterocycles. The number of hydrogen-bond acceptors (Lipinski definition) is 4. The van der Waals surface area contributed by atoms with Crippen LogP contribution in [0.4, 0.5) is 20.2 Å². The normalized spacial score (nSPS) is 12.0. The molecule has 3 aromatic rings. The highest BCUT2D eigenvalue weighted by atomic mass is 32.2. The monoisotopic (exact) mass is 487 g/mol. The summed E-state index contributed by atoms with van der Waals surface area (Å²) in [5.41, 5.74) is 1.04. The number of anilines is 2. The highest BCUT2D eigenvalue weighted by molar-refractivity contribution is 7.92. The van der Waals surface area contributed by atoms with Crippen LogP contribution in [0.25, 0.3) is 0 Å². The van der Waals surface area contributed by atoms with Gasteiger partial charge in [-0.1, -0.05) is 42.5 Å². The molecule has 0 saturated heterocycles. The van der Waals surface area contributed by atoms with Gasteiger partial charge in [0.05, 0.1) is 29.2 Å². The summed E-state index contributed by atoms with van der Waals surface area (Å²) in [6.07, 6.45) is 0.841. The lowest BCUT2D eigenvalue weighted by Crippen LogP contribution is -2.38. The van der Waals surface area contributed by atoms with Crippen molar-refractivity contribution in [3.63, 3.8) is 0 Å². The first-order valence-corrected chi connectivity index (χ1v) is 12.1. The molecule has 1 atom stereocenters. The summed E-state index contributed by atoms with van der Waals surface area (Å²) in [7, 11) is -4.00. The molecule has 0 fully saturated rings. The Kier molecular flexibility index (Phi) is 7.62. The molecule has 0 aliphatic rings. The van der Waals surface area contributed by atoms with E-state index in [0.717, 1.165) is 24.0 Å². The minimum atomic E-state index is -4.00. The van der Waals surface area contributed by atoms with Gasteiger partial charge in [0.1, 0.15) is 6.54 Å². The third-order valence-electron chi connectivity index (χ3n) is 4.97. The van der Waals surface area contributed by atoms with E-state index in [-0.39, 0.29) is 23.0 Å². The first-order chi connectivity index (χ1) is 16.1. The number of hydrogen-bond donors (Lipinski definition) is 2.